The zero-order chi connectivity index (χ0) is 13.0. The van der Waals surface area contributed by atoms with Gasteiger partial charge in [-0.2, -0.15) is 0 Å². The molecule has 1 unspecified atom stereocenters. The highest BCUT2D eigenvalue weighted by Gasteiger charge is 2.42. The molecule has 0 amide bonds. The average Bonchev–Trinajstić information content (AvgIpc) is 2.43. The second kappa shape index (κ2) is 6.29. The number of ether oxygens (including phenoxy) is 1. The third-order valence-electron chi connectivity index (χ3n) is 4.30. The van der Waals surface area contributed by atoms with Gasteiger partial charge < -0.3 is 10.1 Å². The van der Waals surface area contributed by atoms with Crippen LogP contribution in [0.2, 0.25) is 0 Å². The first-order valence-electron chi connectivity index (χ1n) is 7.42. The molecule has 2 aliphatic rings. The highest BCUT2D eigenvalue weighted by atomic mass is 32.2. The number of hydrogen-bond acceptors (Lipinski definition) is 3. The minimum absolute atomic E-state index is 0.266. The predicted molar refractivity (Wildman–Crippen MR) is 80.7 cm³/mol. The van der Waals surface area contributed by atoms with E-state index in [1.54, 1.807) is 0 Å². The fraction of sp³-hybridized carbons (Fsp3) is 0.625. The monoisotopic (exact) mass is 277 g/mol. The first-order valence-corrected chi connectivity index (χ1v) is 8.40. The van der Waals surface area contributed by atoms with E-state index < -0.39 is 0 Å². The highest BCUT2D eigenvalue weighted by molar-refractivity contribution is 7.99. The molecule has 1 saturated carbocycles. The van der Waals surface area contributed by atoms with Gasteiger partial charge in [-0.05, 0) is 44.2 Å². The van der Waals surface area contributed by atoms with Gasteiger partial charge in [-0.15, -0.1) is 11.8 Å². The van der Waals surface area contributed by atoms with Crippen molar-refractivity contribution in [2.24, 2.45) is 0 Å². The Kier molecular flexibility index (Phi) is 4.46. The maximum absolute atomic E-state index is 5.96. The Labute approximate surface area is 120 Å². The van der Waals surface area contributed by atoms with Crippen LogP contribution in [-0.2, 0) is 4.74 Å². The van der Waals surface area contributed by atoms with Gasteiger partial charge in [0, 0.05) is 29.8 Å². The molecule has 1 aliphatic heterocycles. The second-order valence-corrected chi connectivity index (χ2v) is 6.86. The molecule has 1 atom stereocenters. The Hall–Kier alpha value is -0.510. The van der Waals surface area contributed by atoms with Gasteiger partial charge in [0.25, 0.3) is 0 Å². The fourth-order valence-corrected chi connectivity index (χ4v) is 3.88. The summed E-state index contributed by atoms with van der Waals surface area (Å²) in [6, 6.07) is 11.3. The predicted octanol–water partition coefficient (Wildman–Crippen LogP) is 3.47. The molecule has 1 heterocycles. The summed E-state index contributed by atoms with van der Waals surface area (Å²) in [4.78, 5) is 1.37. The molecule has 1 saturated heterocycles. The van der Waals surface area contributed by atoms with Crippen molar-refractivity contribution in [2.75, 3.05) is 18.9 Å². The minimum Gasteiger partial charge on any atom is -0.375 e. The number of rotatable bonds is 5. The van der Waals surface area contributed by atoms with E-state index in [-0.39, 0.29) is 5.60 Å². The molecule has 1 spiro atoms. The molecule has 1 aliphatic carbocycles. The molecule has 2 fully saturated rings. The topological polar surface area (TPSA) is 21.3 Å². The molecule has 3 rings (SSSR count). The van der Waals surface area contributed by atoms with Crippen LogP contribution in [0.15, 0.2) is 35.2 Å². The van der Waals surface area contributed by atoms with Crippen molar-refractivity contribution in [3.63, 3.8) is 0 Å². The molecule has 0 aromatic heterocycles. The molecule has 1 aromatic carbocycles. The van der Waals surface area contributed by atoms with E-state index in [4.69, 9.17) is 4.74 Å². The van der Waals surface area contributed by atoms with E-state index in [0.29, 0.717) is 6.04 Å². The lowest BCUT2D eigenvalue weighted by Gasteiger charge is -2.47. The summed E-state index contributed by atoms with van der Waals surface area (Å²) in [7, 11) is 0. The van der Waals surface area contributed by atoms with Crippen LogP contribution in [0.1, 0.15) is 32.1 Å². The van der Waals surface area contributed by atoms with Crippen molar-refractivity contribution in [3.05, 3.63) is 30.3 Å². The van der Waals surface area contributed by atoms with Crippen molar-refractivity contribution >= 4 is 11.8 Å². The Balaban J connectivity index is 1.36. The van der Waals surface area contributed by atoms with Crippen LogP contribution < -0.4 is 5.32 Å². The van der Waals surface area contributed by atoms with Crippen LogP contribution in [-0.4, -0.2) is 30.5 Å². The van der Waals surface area contributed by atoms with Crippen LogP contribution in [0, 0.1) is 0 Å². The number of thioether (sulfide) groups is 1. The van der Waals surface area contributed by atoms with Gasteiger partial charge in [-0.3, -0.25) is 0 Å². The maximum Gasteiger partial charge on any atom is 0.0697 e. The molecule has 19 heavy (non-hydrogen) atoms. The van der Waals surface area contributed by atoms with Crippen LogP contribution >= 0.6 is 11.8 Å². The fourth-order valence-electron chi connectivity index (χ4n) is 3.07. The molecular weight excluding hydrogens is 254 g/mol. The standard InChI is InChI=1S/C16H23NOS/c1-2-5-15(6-3-1)19-12-10-17-14-7-11-18-16(13-14)8-4-9-16/h1-3,5-6,14,17H,4,7-13H2. The minimum atomic E-state index is 0.266. The Morgan fingerprint density at radius 2 is 2.11 bits per heavy atom. The van der Waals surface area contributed by atoms with E-state index in [1.807, 2.05) is 11.8 Å². The molecule has 1 aromatic rings. The molecule has 0 bridgehead atoms. The summed E-state index contributed by atoms with van der Waals surface area (Å²) in [6.45, 7) is 2.05. The number of nitrogens with one attached hydrogen (secondary N) is 1. The van der Waals surface area contributed by atoms with Gasteiger partial charge in [0.15, 0.2) is 0 Å². The molecule has 2 nitrogen and oxygen atoms in total. The Morgan fingerprint density at radius 3 is 2.84 bits per heavy atom. The smallest absolute Gasteiger partial charge is 0.0697 e. The Bertz CT molecular complexity index is 391. The van der Waals surface area contributed by atoms with E-state index in [2.05, 4.69) is 35.6 Å². The number of benzene rings is 1. The normalized spacial score (nSPS) is 25.2. The summed E-state index contributed by atoms with van der Waals surface area (Å²) < 4.78 is 5.96. The second-order valence-electron chi connectivity index (χ2n) is 5.69. The Morgan fingerprint density at radius 1 is 1.26 bits per heavy atom. The third kappa shape index (κ3) is 3.53. The van der Waals surface area contributed by atoms with Gasteiger partial charge in [0.05, 0.1) is 5.60 Å². The van der Waals surface area contributed by atoms with E-state index in [0.717, 1.165) is 18.9 Å². The van der Waals surface area contributed by atoms with Gasteiger partial charge >= 0.3 is 0 Å². The lowest BCUT2D eigenvalue weighted by molar-refractivity contribution is -0.135. The van der Waals surface area contributed by atoms with Gasteiger partial charge in [-0.25, -0.2) is 0 Å². The van der Waals surface area contributed by atoms with Crippen LogP contribution in [0.5, 0.6) is 0 Å². The highest BCUT2D eigenvalue weighted by Crippen LogP contribution is 2.42. The van der Waals surface area contributed by atoms with Gasteiger partial charge in [0.2, 0.25) is 0 Å². The van der Waals surface area contributed by atoms with Crippen molar-refractivity contribution in [2.45, 2.75) is 48.6 Å². The van der Waals surface area contributed by atoms with Crippen LogP contribution in [0.25, 0.3) is 0 Å². The zero-order valence-corrected chi connectivity index (χ0v) is 12.3. The quantitative estimate of drug-likeness (QED) is 0.658. The van der Waals surface area contributed by atoms with Gasteiger partial charge in [0.1, 0.15) is 0 Å². The van der Waals surface area contributed by atoms with Gasteiger partial charge in [-0.1, -0.05) is 18.2 Å². The van der Waals surface area contributed by atoms with Crippen molar-refractivity contribution in [1.82, 2.24) is 5.32 Å². The van der Waals surface area contributed by atoms with E-state index in [1.165, 1.54) is 37.0 Å². The lowest BCUT2D eigenvalue weighted by atomic mass is 9.74. The molecule has 104 valence electrons. The third-order valence-corrected chi connectivity index (χ3v) is 5.32. The molecule has 0 radical (unpaired) electrons. The maximum atomic E-state index is 5.96. The van der Waals surface area contributed by atoms with Crippen molar-refractivity contribution in [1.29, 1.82) is 0 Å². The van der Waals surface area contributed by atoms with Crippen molar-refractivity contribution in [3.8, 4) is 0 Å². The van der Waals surface area contributed by atoms with Crippen LogP contribution in [0.3, 0.4) is 0 Å². The SMILES string of the molecule is c1ccc(SCCNC2CCOC3(CCC3)C2)cc1. The summed E-state index contributed by atoms with van der Waals surface area (Å²) in [6.07, 6.45) is 6.32. The summed E-state index contributed by atoms with van der Waals surface area (Å²) in [5.74, 6) is 1.15. The average molecular weight is 277 g/mol. The van der Waals surface area contributed by atoms with E-state index in [9.17, 15) is 0 Å². The largest absolute Gasteiger partial charge is 0.375 e. The first-order chi connectivity index (χ1) is 9.36. The summed E-state index contributed by atoms with van der Waals surface area (Å²) in [5, 5.41) is 3.71. The van der Waals surface area contributed by atoms with E-state index >= 15 is 0 Å². The van der Waals surface area contributed by atoms with Crippen LogP contribution in [0.4, 0.5) is 0 Å². The summed E-state index contributed by atoms with van der Waals surface area (Å²) in [5.41, 5.74) is 0.266. The molecule has 1 N–H and O–H groups in total. The summed E-state index contributed by atoms with van der Waals surface area (Å²) >= 11 is 1.93. The molecular formula is C16H23NOS. The first kappa shape index (κ1) is 13.5. The molecule has 3 heteroatoms. The van der Waals surface area contributed by atoms with Crippen molar-refractivity contribution < 1.29 is 4.74 Å². The lowest BCUT2D eigenvalue weighted by Crippen LogP contribution is -2.51. The number of hydrogen-bond donors (Lipinski definition) is 1. The zero-order valence-electron chi connectivity index (χ0n) is 11.4.